The highest BCUT2D eigenvalue weighted by molar-refractivity contribution is 5.85. The van der Waals surface area contributed by atoms with Gasteiger partial charge in [-0.2, -0.15) is 0 Å². The number of hydrogen-bond donors (Lipinski definition) is 1. The van der Waals surface area contributed by atoms with E-state index in [9.17, 15) is 4.39 Å². The summed E-state index contributed by atoms with van der Waals surface area (Å²) in [7, 11) is 0. The third kappa shape index (κ3) is 2.17. The molecule has 4 aliphatic rings. The standard InChI is InChI=1S/C17H22FN.ClH/c18-15-3-1-11(2-4-15)8-17-9-12-5-13(10-17)7-14(6-12)16(17)19;/h1-4,12-14,16H,5-10,19H2;1H. The normalized spacial score (nSPS) is 41.5. The molecule has 5 rings (SSSR count). The Kier molecular flexibility index (Phi) is 3.58. The summed E-state index contributed by atoms with van der Waals surface area (Å²) in [6.45, 7) is 0. The molecule has 4 saturated carbocycles. The second kappa shape index (κ2) is 4.99. The summed E-state index contributed by atoms with van der Waals surface area (Å²) < 4.78 is 13.0. The maximum Gasteiger partial charge on any atom is 0.123 e. The van der Waals surface area contributed by atoms with Crippen LogP contribution in [0.4, 0.5) is 4.39 Å². The molecule has 4 fully saturated rings. The van der Waals surface area contributed by atoms with Crippen molar-refractivity contribution in [2.75, 3.05) is 0 Å². The van der Waals surface area contributed by atoms with E-state index >= 15 is 0 Å². The molecule has 0 heterocycles. The Hall–Kier alpha value is -0.600. The number of hydrogen-bond acceptors (Lipinski definition) is 1. The van der Waals surface area contributed by atoms with Gasteiger partial charge in [-0.15, -0.1) is 12.4 Å². The number of rotatable bonds is 2. The van der Waals surface area contributed by atoms with E-state index in [4.69, 9.17) is 5.73 Å². The van der Waals surface area contributed by atoms with Crippen molar-refractivity contribution in [3.8, 4) is 0 Å². The van der Waals surface area contributed by atoms with E-state index in [0.717, 1.165) is 24.2 Å². The van der Waals surface area contributed by atoms with Crippen LogP contribution >= 0.6 is 12.4 Å². The largest absolute Gasteiger partial charge is 0.327 e. The van der Waals surface area contributed by atoms with E-state index in [2.05, 4.69) is 0 Å². The third-order valence-corrected chi connectivity index (χ3v) is 6.01. The van der Waals surface area contributed by atoms with Crippen LogP contribution in [0.1, 0.15) is 37.7 Å². The van der Waals surface area contributed by atoms with Gasteiger partial charge < -0.3 is 5.73 Å². The average molecular weight is 296 g/mol. The van der Waals surface area contributed by atoms with Gasteiger partial charge >= 0.3 is 0 Å². The van der Waals surface area contributed by atoms with Gasteiger partial charge in [0, 0.05) is 6.04 Å². The molecule has 0 saturated heterocycles. The molecular formula is C17H23ClFN. The van der Waals surface area contributed by atoms with Crippen molar-refractivity contribution in [3.05, 3.63) is 35.6 Å². The van der Waals surface area contributed by atoms with Crippen LogP contribution in [0.2, 0.25) is 0 Å². The molecule has 1 nitrogen and oxygen atoms in total. The minimum absolute atomic E-state index is 0. The predicted octanol–water partition coefficient (Wildman–Crippen LogP) is 3.94. The highest BCUT2D eigenvalue weighted by Gasteiger charge is 2.55. The molecule has 0 spiro atoms. The first kappa shape index (κ1) is 14.3. The molecule has 4 bridgehead atoms. The second-order valence-corrected chi connectivity index (χ2v) is 7.30. The van der Waals surface area contributed by atoms with Crippen LogP contribution in [0.5, 0.6) is 0 Å². The van der Waals surface area contributed by atoms with Crippen LogP contribution < -0.4 is 5.73 Å². The highest BCUT2D eigenvalue weighted by Crippen LogP contribution is 2.60. The smallest absolute Gasteiger partial charge is 0.123 e. The maximum absolute atomic E-state index is 13.0. The molecule has 110 valence electrons. The number of halogens is 2. The summed E-state index contributed by atoms with van der Waals surface area (Å²) in [6, 6.07) is 7.43. The van der Waals surface area contributed by atoms with Gasteiger partial charge in [-0.1, -0.05) is 12.1 Å². The van der Waals surface area contributed by atoms with E-state index in [-0.39, 0.29) is 18.2 Å². The Morgan fingerprint density at radius 1 is 1.05 bits per heavy atom. The SMILES string of the molecule is Cl.NC1C2CC3CC(C2)CC1(Cc1ccc(F)cc1)C3. The molecule has 4 aliphatic carbocycles. The van der Waals surface area contributed by atoms with Gasteiger partial charge in [-0.05, 0) is 79.4 Å². The van der Waals surface area contributed by atoms with Crippen molar-refractivity contribution in [2.24, 2.45) is 28.9 Å². The van der Waals surface area contributed by atoms with Gasteiger partial charge in [0.25, 0.3) is 0 Å². The molecule has 1 aromatic rings. The fourth-order valence-electron chi connectivity index (χ4n) is 5.52. The van der Waals surface area contributed by atoms with Gasteiger partial charge in [0.05, 0.1) is 0 Å². The molecule has 0 amide bonds. The van der Waals surface area contributed by atoms with Crippen molar-refractivity contribution in [2.45, 2.75) is 44.6 Å². The Morgan fingerprint density at radius 3 is 2.25 bits per heavy atom. The lowest BCUT2D eigenvalue weighted by Gasteiger charge is -2.60. The fourth-order valence-corrected chi connectivity index (χ4v) is 5.52. The average Bonchev–Trinajstić information content (AvgIpc) is 2.38. The summed E-state index contributed by atoms with van der Waals surface area (Å²) in [5, 5.41) is 0. The molecule has 3 heteroatoms. The lowest BCUT2D eigenvalue weighted by atomic mass is 9.46. The number of nitrogens with two attached hydrogens (primary N) is 1. The van der Waals surface area contributed by atoms with Crippen LogP contribution in [-0.2, 0) is 6.42 Å². The zero-order valence-corrected chi connectivity index (χ0v) is 12.5. The van der Waals surface area contributed by atoms with Crippen molar-refractivity contribution in [1.82, 2.24) is 0 Å². The van der Waals surface area contributed by atoms with E-state index in [0.29, 0.717) is 11.5 Å². The third-order valence-electron chi connectivity index (χ3n) is 6.01. The molecular weight excluding hydrogens is 273 g/mol. The summed E-state index contributed by atoms with van der Waals surface area (Å²) in [6.07, 6.45) is 7.83. The lowest BCUT2D eigenvalue weighted by molar-refractivity contribution is -0.0714. The lowest BCUT2D eigenvalue weighted by Crippen LogP contribution is -2.60. The van der Waals surface area contributed by atoms with Crippen molar-refractivity contribution >= 4 is 12.4 Å². The van der Waals surface area contributed by atoms with Crippen LogP contribution in [-0.4, -0.2) is 6.04 Å². The second-order valence-electron chi connectivity index (χ2n) is 7.30. The quantitative estimate of drug-likeness (QED) is 0.878. The minimum Gasteiger partial charge on any atom is -0.327 e. The van der Waals surface area contributed by atoms with Crippen molar-refractivity contribution in [3.63, 3.8) is 0 Å². The monoisotopic (exact) mass is 295 g/mol. The Morgan fingerprint density at radius 2 is 1.65 bits per heavy atom. The van der Waals surface area contributed by atoms with Gasteiger partial charge in [-0.25, -0.2) is 4.39 Å². The summed E-state index contributed by atoms with van der Waals surface area (Å²) >= 11 is 0. The van der Waals surface area contributed by atoms with Gasteiger partial charge in [0.15, 0.2) is 0 Å². The van der Waals surface area contributed by atoms with Crippen LogP contribution in [0.25, 0.3) is 0 Å². The molecule has 1 aromatic carbocycles. The van der Waals surface area contributed by atoms with Crippen molar-refractivity contribution in [1.29, 1.82) is 0 Å². The Bertz CT molecular complexity index is 472. The summed E-state index contributed by atoms with van der Waals surface area (Å²) in [4.78, 5) is 0. The van der Waals surface area contributed by atoms with Crippen LogP contribution in [0, 0.1) is 29.0 Å². The molecule has 20 heavy (non-hydrogen) atoms. The van der Waals surface area contributed by atoms with Gasteiger partial charge in [-0.3, -0.25) is 0 Å². The van der Waals surface area contributed by atoms with E-state index in [1.54, 1.807) is 12.1 Å². The van der Waals surface area contributed by atoms with E-state index in [1.807, 2.05) is 12.1 Å². The summed E-state index contributed by atoms with van der Waals surface area (Å²) in [5.74, 6) is 2.45. The predicted molar refractivity (Wildman–Crippen MR) is 81.3 cm³/mol. The van der Waals surface area contributed by atoms with E-state index < -0.39 is 0 Å². The Balaban J connectivity index is 0.00000121. The first-order valence-electron chi connectivity index (χ1n) is 7.65. The Labute approximate surface area is 126 Å². The van der Waals surface area contributed by atoms with Gasteiger partial charge in [0.2, 0.25) is 0 Å². The topological polar surface area (TPSA) is 26.0 Å². The molecule has 3 unspecified atom stereocenters. The zero-order chi connectivity index (χ0) is 13.0. The molecule has 0 radical (unpaired) electrons. The first-order valence-corrected chi connectivity index (χ1v) is 7.65. The van der Waals surface area contributed by atoms with Crippen molar-refractivity contribution < 1.29 is 4.39 Å². The molecule has 3 atom stereocenters. The number of benzene rings is 1. The molecule has 2 N–H and O–H groups in total. The van der Waals surface area contributed by atoms with Gasteiger partial charge in [0.1, 0.15) is 5.82 Å². The first-order chi connectivity index (χ1) is 9.14. The molecule has 0 aliphatic heterocycles. The molecule has 0 aromatic heterocycles. The van der Waals surface area contributed by atoms with Crippen LogP contribution in [0.15, 0.2) is 24.3 Å². The summed E-state index contributed by atoms with van der Waals surface area (Å²) in [5.41, 5.74) is 8.18. The van der Waals surface area contributed by atoms with E-state index in [1.165, 1.54) is 37.7 Å². The highest BCUT2D eigenvalue weighted by atomic mass is 35.5. The maximum atomic E-state index is 13.0. The fraction of sp³-hybridized carbons (Fsp3) is 0.647. The minimum atomic E-state index is -0.140. The zero-order valence-electron chi connectivity index (χ0n) is 11.7. The van der Waals surface area contributed by atoms with Crippen LogP contribution in [0.3, 0.4) is 0 Å².